The Kier molecular flexibility index (Phi) is 2.44. The molecule has 4 heteroatoms. The summed E-state index contributed by atoms with van der Waals surface area (Å²) in [6.45, 7) is 0. The van der Waals surface area contributed by atoms with E-state index in [2.05, 4.69) is 0 Å². The Hall–Kier alpha value is -2.54. The van der Waals surface area contributed by atoms with Crippen molar-refractivity contribution in [2.24, 2.45) is 0 Å². The molecule has 0 radical (unpaired) electrons. The predicted octanol–water partition coefficient (Wildman–Crippen LogP) is 2.40. The Morgan fingerprint density at radius 2 is 2.06 bits per heavy atom. The van der Waals surface area contributed by atoms with Gasteiger partial charge in [-0.1, -0.05) is 24.3 Å². The minimum atomic E-state index is -1.05. The first-order chi connectivity index (χ1) is 7.72. The van der Waals surface area contributed by atoms with E-state index in [9.17, 15) is 4.79 Å². The van der Waals surface area contributed by atoms with Crippen molar-refractivity contribution in [3.63, 3.8) is 0 Å². The van der Waals surface area contributed by atoms with E-state index in [1.807, 2.05) is 0 Å². The summed E-state index contributed by atoms with van der Waals surface area (Å²) in [5.74, 6) is -0.786. The number of hydrogen-bond acceptors (Lipinski definition) is 3. The number of benzene rings is 2. The van der Waals surface area contributed by atoms with E-state index in [1.54, 1.807) is 36.6 Å². The summed E-state index contributed by atoms with van der Waals surface area (Å²) in [6.07, 6.45) is 1.55. The monoisotopic (exact) mass is 213 g/mol. The number of nitrogens with zero attached hydrogens (tertiary/aromatic N) is 1. The molecule has 0 aliphatic heterocycles. The quantitative estimate of drug-likeness (QED) is 0.777. The fourth-order valence-electron chi connectivity index (χ4n) is 1.53. The Bertz CT molecular complexity index is 599. The van der Waals surface area contributed by atoms with E-state index in [0.717, 1.165) is 5.39 Å². The number of carbonyl (C=O) groups is 1. The number of carboxylic acid groups (broad SMARTS) is 1. The topological polar surface area (TPSA) is 70.3 Å². The zero-order chi connectivity index (χ0) is 11.5. The summed E-state index contributed by atoms with van der Waals surface area (Å²) in [5, 5.41) is 18.8. The molecule has 2 aromatic carbocycles. The van der Waals surface area contributed by atoms with E-state index in [0.29, 0.717) is 5.39 Å². The minimum absolute atomic E-state index is 0.101. The number of carboxylic acids is 1. The van der Waals surface area contributed by atoms with E-state index in [-0.39, 0.29) is 11.3 Å². The number of hydrogen-bond donors (Lipinski definition) is 1. The maximum absolute atomic E-state index is 10.9. The maximum atomic E-state index is 10.9. The Morgan fingerprint density at radius 1 is 1.31 bits per heavy atom. The molecule has 0 bridgehead atoms. The fraction of sp³-hybridized carbons (Fsp3) is 0. The van der Waals surface area contributed by atoms with Gasteiger partial charge >= 0.3 is 5.97 Å². The summed E-state index contributed by atoms with van der Waals surface area (Å²) in [5.41, 5.74) is 0.101. The zero-order valence-electron chi connectivity index (χ0n) is 8.18. The van der Waals surface area contributed by atoms with Crippen LogP contribution in [0.3, 0.4) is 0 Å². The lowest BCUT2D eigenvalue weighted by Crippen LogP contribution is -1.97. The first kappa shape index (κ1) is 9.99. The van der Waals surface area contributed by atoms with Crippen molar-refractivity contribution in [2.75, 3.05) is 0 Å². The summed E-state index contributed by atoms with van der Waals surface area (Å²) in [4.78, 5) is 10.9. The Balaban J connectivity index is 2.74. The van der Waals surface area contributed by atoms with Gasteiger partial charge < -0.3 is 9.84 Å². The minimum Gasteiger partial charge on any atom is -0.478 e. The lowest BCUT2D eigenvalue weighted by molar-refractivity contribution is 0.0696. The van der Waals surface area contributed by atoms with Crippen LogP contribution in [0.4, 0.5) is 0 Å². The number of aromatic carboxylic acids is 1. The maximum Gasteiger partial charge on any atom is 0.335 e. The molecule has 78 valence electrons. The molecule has 0 heterocycles. The van der Waals surface area contributed by atoms with Crippen molar-refractivity contribution in [1.82, 2.24) is 0 Å². The van der Waals surface area contributed by atoms with Gasteiger partial charge in [0.15, 0.2) is 5.75 Å². The van der Waals surface area contributed by atoms with Crippen LogP contribution in [0.15, 0.2) is 36.4 Å². The van der Waals surface area contributed by atoms with E-state index >= 15 is 0 Å². The SMILES string of the molecule is N#COc1cc(C(=O)O)cc2ccccc12. The van der Waals surface area contributed by atoms with Gasteiger partial charge in [-0.3, -0.25) is 0 Å². The van der Waals surface area contributed by atoms with Gasteiger partial charge in [0.05, 0.1) is 5.56 Å². The first-order valence-electron chi connectivity index (χ1n) is 4.54. The van der Waals surface area contributed by atoms with Crippen LogP contribution < -0.4 is 4.74 Å². The van der Waals surface area contributed by atoms with Crippen LogP contribution in [0.5, 0.6) is 5.75 Å². The smallest absolute Gasteiger partial charge is 0.335 e. The second-order valence-corrected chi connectivity index (χ2v) is 3.19. The summed E-state index contributed by atoms with van der Waals surface area (Å²) >= 11 is 0. The Labute approximate surface area is 91.3 Å². The third kappa shape index (κ3) is 1.66. The van der Waals surface area contributed by atoms with Crippen LogP contribution in [0.25, 0.3) is 10.8 Å². The normalized spacial score (nSPS) is 9.69. The van der Waals surface area contributed by atoms with Gasteiger partial charge in [0.2, 0.25) is 0 Å². The summed E-state index contributed by atoms with van der Waals surface area (Å²) < 4.78 is 4.75. The van der Waals surface area contributed by atoms with Gasteiger partial charge in [0, 0.05) is 5.39 Å². The molecule has 0 spiro atoms. The number of nitriles is 1. The van der Waals surface area contributed by atoms with E-state index in [1.165, 1.54) is 6.07 Å². The highest BCUT2D eigenvalue weighted by molar-refractivity contribution is 5.97. The second kappa shape index (κ2) is 3.91. The highest BCUT2D eigenvalue weighted by Gasteiger charge is 2.09. The summed E-state index contributed by atoms with van der Waals surface area (Å²) in [6, 6.07) is 10.0. The second-order valence-electron chi connectivity index (χ2n) is 3.19. The van der Waals surface area contributed by atoms with Gasteiger partial charge in [-0.15, -0.1) is 5.26 Å². The molecule has 0 amide bonds. The number of rotatable bonds is 2. The molecule has 0 saturated carbocycles. The average Bonchev–Trinajstić information content (AvgIpc) is 2.29. The predicted molar refractivity (Wildman–Crippen MR) is 57.1 cm³/mol. The third-order valence-corrected chi connectivity index (χ3v) is 2.23. The van der Waals surface area contributed by atoms with Gasteiger partial charge in [-0.05, 0) is 17.5 Å². The number of fused-ring (bicyclic) bond motifs is 1. The largest absolute Gasteiger partial charge is 0.478 e. The third-order valence-electron chi connectivity index (χ3n) is 2.23. The van der Waals surface area contributed by atoms with E-state index < -0.39 is 5.97 Å². The molecule has 2 rings (SSSR count). The molecule has 2 aromatic rings. The molecule has 0 fully saturated rings. The van der Waals surface area contributed by atoms with Crippen LogP contribution >= 0.6 is 0 Å². The van der Waals surface area contributed by atoms with Crippen molar-refractivity contribution in [3.8, 4) is 12.0 Å². The molecule has 0 aromatic heterocycles. The van der Waals surface area contributed by atoms with Crippen LogP contribution in [0.1, 0.15) is 10.4 Å². The molecule has 16 heavy (non-hydrogen) atoms. The van der Waals surface area contributed by atoms with Gasteiger partial charge in [-0.25, -0.2) is 4.79 Å². The average molecular weight is 213 g/mol. The Morgan fingerprint density at radius 3 is 2.75 bits per heavy atom. The molecule has 0 atom stereocenters. The lowest BCUT2D eigenvalue weighted by Gasteiger charge is -2.04. The van der Waals surface area contributed by atoms with E-state index in [4.69, 9.17) is 15.1 Å². The van der Waals surface area contributed by atoms with Crippen molar-refractivity contribution < 1.29 is 14.6 Å². The summed E-state index contributed by atoms with van der Waals surface area (Å²) in [7, 11) is 0. The highest BCUT2D eigenvalue weighted by atomic mass is 16.5. The standard InChI is InChI=1S/C12H7NO3/c13-7-16-11-6-9(12(14)15)5-8-3-1-2-4-10(8)11/h1-6H,(H,14,15). The fourth-order valence-corrected chi connectivity index (χ4v) is 1.53. The van der Waals surface area contributed by atoms with Gasteiger partial charge in [-0.2, -0.15) is 0 Å². The zero-order valence-corrected chi connectivity index (χ0v) is 8.18. The van der Waals surface area contributed by atoms with Crippen molar-refractivity contribution in [2.45, 2.75) is 0 Å². The molecule has 0 aliphatic rings. The van der Waals surface area contributed by atoms with Crippen LogP contribution in [0.2, 0.25) is 0 Å². The molecule has 0 aliphatic carbocycles. The lowest BCUT2D eigenvalue weighted by atomic mass is 10.1. The van der Waals surface area contributed by atoms with Crippen LogP contribution in [-0.4, -0.2) is 11.1 Å². The molecule has 1 N–H and O–H groups in total. The van der Waals surface area contributed by atoms with Crippen molar-refractivity contribution in [1.29, 1.82) is 5.26 Å². The highest BCUT2D eigenvalue weighted by Crippen LogP contribution is 2.27. The molecule has 4 nitrogen and oxygen atoms in total. The number of ether oxygens (including phenoxy) is 1. The molecule has 0 saturated heterocycles. The van der Waals surface area contributed by atoms with Crippen LogP contribution in [-0.2, 0) is 0 Å². The first-order valence-corrected chi connectivity index (χ1v) is 4.54. The van der Waals surface area contributed by atoms with Gasteiger partial charge in [0.1, 0.15) is 0 Å². The van der Waals surface area contributed by atoms with Gasteiger partial charge in [0.25, 0.3) is 6.26 Å². The molecular weight excluding hydrogens is 206 g/mol. The van der Waals surface area contributed by atoms with Crippen molar-refractivity contribution in [3.05, 3.63) is 42.0 Å². The van der Waals surface area contributed by atoms with Crippen molar-refractivity contribution >= 4 is 16.7 Å². The molecular formula is C12H7NO3. The van der Waals surface area contributed by atoms with Crippen LogP contribution in [0, 0.1) is 11.5 Å². The molecule has 0 unspecified atom stereocenters.